The van der Waals surface area contributed by atoms with Gasteiger partial charge in [-0.05, 0) is 18.2 Å². The molecule has 0 unspecified atom stereocenters. The van der Waals surface area contributed by atoms with Crippen molar-refractivity contribution in [1.29, 1.82) is 0 Å². The van der Waals surface area contributed by atoms with Crippen molar-refractivity contribution in [3.8, 4) is 5.88 Å². The number of benzene rings is 1. The Balaban J connectivity index is 2.48. The summed E-state index contributed by atoms with van der Waals surface area (Å²) in [7, 11) is 0. The van der Waals surface area contributed by atoms with E-state index in [4.69, 9.17) is 5.73 Å². The molecule has 5 N–H and O–H groups in total. The Labute approximate surface area is 94.1 Å². The lowest BCUT2D eigenvalue weighted by atomic mass is 10.2. The van der Waals surface area contributed by atoms with Crippen LogP contribution in [0.4, 0.5) is 10.1 Å². The Morgan fingerprint density at radius 2 is 2.29 bits per heavy atom. The molecule has 0 atom stereocenters. The number of fused-ring (bicyclic) bond motifs is 1. The molecule has 0 aliphatic heterocycles. The van der Waals surface area contributed by atoms with Crippen LogP contribution in [0.1, 0.15) is 0 Å². The van der Waals surface area contributed by atoms with Crippen LogP contribution in [-0.2, 0) is 0 Å². The molecule has 0 aliphatic carbocycles. The molecule has 88 valence electrons. The van der Waals surface area contributed by atoms with Crippen LogP contribution < -0.4 is 11.2 Å². The van der Waals surface area contributed by atoms with Crippen molar-refractivity contribution in [2.45, 2.75) is 0 Å². The second-order valence-corrected chi connectivity index (χ2v) is 3.21. The molecule has 0 radical (unpaired) electrons. The summed E-state index contributed by atoms with van der Waals surface area (Å²) in [5.74, 6) is -1.24. The van der Waals surface area contributed by atoms with Gasteiger partial charge in [-0.2, -0.15) is 0 Å². The Bertz CT molecular complexity index is 607. The Morgan fingerprint density at radius 3 is 3.00 bits per heavy atom. The molecule has 1 aromatic heterocycles. The van der Waals surface area contributed by atoms with Gasteiger partial charge in [-0.15, -0.1) is 10.0 Å². The van der Waals surface area contributed by atoms with E-state index in [-0.39, 0.29) is 11.6 Å². The molecular weight excluding hydrogens is 229 g/mol. The summed E-state index contributed by atoms with van der Waals surface area (Å²) in [6, 6.07) is 3.90. The van der Waals surface area contributed by atoms with Crippen LogP contribution in [0.5, 0.6) is 5.88 Å². The fourth-order valence-electron chi connectivity index (χ4n) is 1.40. The maximum absolute atomic E-state index is 13.0. The predicted octanol–water partition coefficient (Wildman–Crippen LogP) is 1.42. The van der Waals surface area contributed by atoms with E-state index in [2.05, 4.69) is 20.7 Å². The number of nitrogens with one attached hydrogen (secondary N) is 2. The molecular formula is C9H8FN5O2. The van der Waals surface area contributed by atoms with Gasteiger partial charge in [-0.25, -0.2) is 4.39 Å². The summed E-state index contributed by atoms with van der Waals surface area (Å²) in [6.45, 7) is 0. The van der Waals surface area contributed by atoms with Gasteiger partial charge in [0.25, 0.3) is 5.96 Å². The maximum Gasteiger partial charge on any atom is 0.279 e. The average Bonchev–Trinajstić information content (AvgIpc) is 2.61. The van der Waals surface area contributed by atoms with Crippen LogP contribution in [0.15, 0.2) is 28.5 Å². The van der Waals surface area contributed by atoms with Gasteiger partial charge < -0.3 is 15.8 Å². The van der Waals surface area contributed by atoms with Gasteiger partial charge in [0, 0.05) is 10.6 Å². The van der Waals surface area contributed by atoms with E-state index in [1.807, 2.05) is 0 Å². The lowest BCUT2D eigenvalue weighted by molar-refractivity contribution is 0.460. The number of H-pyrrole nitrogens is 1. The van der Waals surface area contributed by atoms with Gasteiger partial charge in [-0.3, -0.25) is 5.43 Å². The highest BCUT2D eigenvalue weighted by Crippen LogP contribution is 2.32. The van der Waals surface area contributed by atoms with E-state index in [1.165, 1.54) is 18.2 Å². The first-order chi connectivity index (χ1) is 8.11. The predicted molar refractivity (Wildman–Crippen MR) is 61.0 cm³/mol. The lowest BCUT2D eigenvalue weighted by Crippen LogP contribution is -2.09. The highest BCUT2D eigenvalue weighted by molar-refractivity contribution is 5.96. The zero-order chi connectivity index (χ0) is 12.4. The molecule has 0 amide bonds. The normalized spacial score (nSPS) is 11.7. The van der Waals surface area contributed by atoms with Crippen molar-refractivity contribution in [2.24, 2.45) is 16.0 Å². The SMILES string of the molecule is N/C(N=O)=N\Nc1c(O)[nH]c2ccc(F)cc12. The summed E-state index contributed by atoms with van der Waals surface area (Å²) in [5, 5.41) is 15.7. The highest BCUT2D eigenvalue weighted by atomic mass is 19.1. The summed E-state index contributed by atoms with van der Waals surface area (Å²) in [6.07, 6.45) is 0. The van der Waals surface area contributed by atoms with Crippen LogP contribution in [0, 0.1) is 10.7 Å². The molecule has 0 spiro atoms. The quantitative estimate of drug-likeness (QED) is 0.273. The monoisotopic (exact) mass is 237 g/mol. The number of nitrogens with zero attached hydrogens (tertiary/aromatic N) is 2. The number of anilines is 1. The number of halogens is 1. The first-order valence-corrected chi connectivity index (χ1v) is 4.54. The van der Waals surface area contributed by atoms with E-state index in [9.17, 15) is 14.4 Å². The molecule has 2 rings (SSSR count). The van der Waals surface area contributed by atoms with E-state index >= 15 is 0 Å². The van der Waals surface area contributed by atoms with Crippen LogP contribution in [-0.4, -0.2) is 16.1 Å². The minimum absolute atomic E-state index is 0.117. The molecule has 2 aromatic rings. The fourth-order valence-corrected chi connectivity index (χ4v) is 1.40. The fraction of sp³-hybridized carbons (Fsp3) is 0. The number of hydrazone groups is 1. The third-order valence-electron chi connectivity index (χ3n) is 2.12. The van der Waals surface area contributed by atoms with Gasteiger partial charge in [0.15, 0.2) is 0 Å². The van der Waals surface area contributed by atoms with Gasteiger partial charge >= 0.3 is 0 Å². The van der Waals surface area contributed by atoms with Crippen molar-refractivity contribution >= 4 is 22.5 Å². The maximum atomic E-state index is 13.0. The van der Waals surface area contributed by atoms with Crippen molar-refractivity contribution in [2.75, 3.05) is 5.43 Å². The molecule has 1 heterocycles. The molecule has 0 bridgehead atoms. The van der Waals surface area contributed by atoms with Gasteiger partial charge in [0.1, 0.15) is 11.5 Å². The van der Waals surface area contributed by atoms with Gasteiger partial charge in [-0.1, -0.05) is 0 Å². The van der Waals surface area contributed by atoms with Crippen LogP contribution >= 0.6 is 0 Å². The number of nitrogens with two attached hydrogens (primary N) is 1. The number of aromatic nitrogens is 1. The largest absolute Gasteiger partial charge is 0.493 e. The summed E-state index contributed by atoms with van der Waals surface area (Å²) in [5.41, 5.74) is 8.02. The molecule has 7 nitrogen and oxygen atoms in total. The first kappa shape index (κ1) is 10.9. The minimum atomic E-state index is -0.532. The second-order valence-electron chi connectivity index (χ2n) is 3.21. The van der Waals surface area contributed by atoms with E-state index < -0.39 is 11.8 Å². The van der Waals surface area contributed by atoms with E-state index in [0.29, 0.717) is 10.9 Å². The summed E-state index contributed by atoms with van der Waals surface area (Å²) in [4.78, 5) is 12.6. The number of nitroso groups, excluding NO2 is 1. The zero-order valence-electron chi connectivity index (χ0n) is 8.44. The number of rotatable bonds is 2. The highest BCUT2D eigenvalue weighted by Gasteiger charge is 2.11. The third kappa shape index (κ3) is 2.00. The van der Waals surface area contributed by atoms with Crippen molar-refractivity contribution < 1.29 is 9.50 Å². The minimum Gasteiger partial charge on any atom is -0.493 e. The standard InChI is InChI=1S/C9H8FN5O2/c10-4-1-2-6-5(3-4)7(8(16)12-6)13-14-9(11)15-17/h1-3,12-13,16H,(H2,11,14). The topological polar surface area (TPSA) is 116 Å². The Kier molecular flexibility index (Phi) is 2.61. The zero-order valence-corrected chi connectivity index (χ0v) is 8.44. The molecule has 0 aliphatic rings. The second kappa shape index (κ2) is 4.08. The Hall–Kier alpha value is -2.64. The average molecular weight is 237 g/mol. The van der Waals surface area contributed by atoms with Crippen LogP contribution in [0.25, 0.3) is 10.9 Å². The lowest BCUT2D eigenvalue weighted by Gasteiger charge is -1.98. The van der Waals surface area contributed by atoms with E-state index in [0.717, 1.165) is 0 Å². The molecule has 17 heavy (non-hydrogen) atoms. The number of aromatic hydroxyl groups is 1. The first-order valence-electron chi connectivity index (χ1n) is 4.54. The molecule has 1 aromatic carbocycles. The molecule has 8 heteroatoms. The molecule has 0 fully saturated rings. The number of hydrogen-bond donors (Lipinski definition) is 4. The smallest absolute Gasteiger partial charge is 0.279 e. The Morgan fingerprint density at radius 1 is 1.53 bits per heavy atom. The number of guanidine groups is 1. The summed E-state index contributed by atoms with van der Waals surface area (Å²) >= 11 is 0. The van der Waals surface area contributed by atoms with Crippen molar-refractivity contribution in [1.82, 2.24) is 4.98 Å². The van der Waals surface area contributed by atoms with Crippen molar-refractivity contribution in [3.05, 3.63) is 28.9 Å². The van der Waals surface area contributed by atoms with Gasteiger partial charge in [0.2, 0.25) is 5.88 Å². The van der Waals surface area contributed by atoms with Crippen molar-refractivity contribution in [3.63, 3.8) is 0 Å². The third-order valence-corrected chi connectivity index (χ3v) is 2.12. The van der Waals surface area contributed by atoms with E-state index in [1.54, 1.807) is 0 Å². The number of aromatic amines is 1. The number of hydrogen-bond acceptors (Lipinski definition) is 4. The van der Waals surface area contributed by atoms with Crippen LogP contribution in [0.2, 0.25) is 0 Å². The molecule has 0 saturated heterocycles. The van der Waals surface area contributed by atoms with Gasteiger partial charge in [0.05, 0.1) is 5.52 Å². The van der Waals surface area contributed by atoms with Crippen LogP contribution in [0.3, 0.4) is 0 Å². The molecule has 0 saturated carbocycles. The summed E-state index contributed by atoms with van der Waals surface area (Å²) < 4.78 is 13.0.